The number of hydrogen-bond donors (Lipinski definition) is 1. The van der Waals surface area contributed by atoms with Crippen LogP contribution in [0.25, 0.3) is 0 Å². The molecule has 0 aliphatic carbocycles. The Kier molecular flexibility index (Phi) is 8.87. The molecule has 0 saturated carbocycles. The molecule has 0 fully saturated rings. The molecule has 1 aliphatic heterocycles. The zero-order chi connectivity index (χ0) is 24.0. The lowest BCUT2D eigenvalue weighted by Crippen LogP contribution is -2.49. The Morgan fingerprint density at radius 3 is 2.39 bits per heavy atom. The van der Waals surface area contributed by atoms with Gasteiger partial charge in [-0.15, -0.1) is 0 Å². The summed E-state index contributed by atoms with van der Waals surface area (Å²) in [6.07, 6.45) is 1.53. The van der Waals surface area contributed by atoms with Crippen LogP contribution >= 0.6 is 23.2 Å². The zero-order valence-electron chi connectivity index (χ0n) is 19.2. The van der Waals surface area contributed by atoms with Crippen molar-refractivity contribution in [2.24, 2.45) is 0 Å². The molecular weight excluding hydrogens is 463 g/mol. The summed E-state index contributed by atoms with van der Waals surface area (Å²) in [5, 5.41) is 3.88. The van der Waals surface area contributed by atoms with Gasteiger partial charge in [-0.3, -0.25) is 9.59 Å². The van der Waals surface area contributed by atoms with Crippen LogP contribution in [0.2, 0.25) is 10.0 Å². The normalized spacial score (nSPS) is 14.3. The van der Waals surface area contributed by atoms with Crippen molar-refractivity contribution in [3.8, 4) is 11.5 Å². The molecule has 2 amide bonds. The maximum absolute atomic E-state index is 13.3. The van der Waals surface area contributed by atoms with E-state index in [9.17, 15) is 9.59 Å². The number of rotatable bonds is 9. The van der Waals surface area contributed by atoms with Crippen LogP contribution in [0.1, 0.15) is 44.7 Å². The van der Waals surface area contributed by atoms with Gasteiger partial charge < -0.3 is 19.7 Å². The van der Waals surface area contributed by atoms with E-state index >= 15 is 0 Å². The highest BCUT2D eigenvalue weighted by Gasteiger charge is 2.28. The van der Waals surface area contributed by atoms with E-state index in [-0.39, 0.29) is 30.8 Å². The van der Waals surface area contributed by atoms with Crippen LogP contribution < -0.4 is 14.8 Å². The Hall–Kier alpha value is -2.44. The molecule has 3 rings (SSSR count). The molecule has 2 unspecified atom stereocenters. The van der Waals surface area contributed by atoms with Crippen molar-refractivity contribution in [2.45, 2.75) is 58.7 Å². The summed E-state index contributed by atoms with van der Waals surface area (Å²) in [6.45, 7) is 6.84. The quantitative estimate of drug-likeness (QED) is 0.532. The predicted molar refractivity (Wildman–Crippen MR) is 130 cm³/mol. The van der Waals surface area contributed by atoms with Crippen LogP contribution in [0.5, 0.6) is 11.5 Å². The fourth-order valence-electron chi connectivity index (χ4n) is 3.54. The van der Waals surface area contributed by atoms with E-state index in [4.69, 9.17) is 32.7 Å². The number of nitrogens with zero attached hydrogens (tertiary/aromatic N) is 1. The minimum absolute atomic E-state index is 0.0125. The lowest BCUT2D eigenvalue weighted by molar-refractivity contribution is -0.140. The van der Waals surface area contributed by atoms with E-state index < -0.39 is 6.04 Å². The van der Waals surface area contributed by atoms with Gasteiger partial charge in [-0.05, 0) is 56.5 Å². The van der Waals surface area contributed by atoms with Gasteiger partial charge in [0, 0.05) is 34.6 Å². The van der Waals surface area contributed by atoms with E-state index in [0.717, 1.165) is 12.0 Å². The molecule has 0 aromatic heterocycles. The first-order valence-electron chi connectivity index (χ1n) is 11.2. The second-order valence-electron chi connectivity index (χ2n) is 8.19. The molecule has 2 atom stereocenters. The number of aryl methyl sites for hydroxylation is 1. The summed E-state index contributed by atoms with van der Waals surface area (Å²) < 4.78 is 11.2. The number of fused-ring (bicyclic) bond motifs is 1. The highest BCUT2D eigenvalue weighted by Crippen LogP contribution is 2.31. The predicted octanol–water partition coefficient (Wildman–Crippen LogP) is 5.03. The Morgan fingerprint density at radius 1 is 1.06 bits per heavy atom. The number of carbonyl (C=O) groups excluding carboxylic acids is 2. The summed E-state index contributed by atoms with van der Waals surface area (Å²) in [6, 6.07) is 10.2. The minimum Gasteiger partial charge on any atom is -0.486 e. The van der Waals surface area contributed by atoms with E-state index in [0.29, 0.717) is 46.7 Å². The third-order valence-corrected chi connectivity index (χ3v) is 6.50. The Balaban J connectivity index is 1.77. The van der Waals surface area contributed by atoms with Crippen LogP contribution in [0.15, 0.2) is 36.4 Å². The van der Waals surface area contributed by atoms with Crippen molar-refractivity contribution < 1.29 is 19.1 Å². The molecule has 1 aliphatic rings. The van der Waals surface area contributed by atoms with Crippen LogP contribution in [0, 0.1) is 0 Å². The van der Waals surface area contributed by atoms with E-state index in [2.05, 4.69) is 5.32 Å². The second-order valence-corrected chi connectivity index (χ2v) is 9.01. The largest absolute Gasteiger partial charge is 0.486 e. The van der Waals surface area contributed by atoms with Crippen molar-refractivity contribution in [2.75, 3.05) is 13.2 Å². The van der Waals surface area contributed by atoms with Crippen LogP contribution in [-0.4, -0.2) is 42.0 Å². The fourth-order valence-corrected chi connectivity index (χ4v) is 4.06. The van der Waals surface area contributed by atoms with Gasteiger partial charge in [0.15, 0.2) is 11.5 Å². The smallest absolute Gasteiger partial charge is 0.242 e. The number of ether oxygens (including phenoxy) is 2. The topological polar surface area (TPSA) is 67.9 Å². The monoisotopic (exact) mass is 492 g/mol. The van der Waals surface area contributed by atoms with Gasteiger partial charge in [-0.1, -0.05) is 42.3 Å². The minimum atomic E-state index is -0.681. The molecule has 0 radical (unpaired) electrons. The van der Waals surface area contributed by atoms with Crippen molar-refractivity contribution in [1.29, 1.82) is 0 Å². The molecule has 1 N–H and O–H groups in total. The number of nitrogens with one attached hydrogen (secondary N) is 1. The lowest BCUT2D eigenvalue weighted by atomic mass is 10.1. The summed E-state index contributed by atoms with van der Waals surface area (Å²) in [4.78, 5) is 27.7. The SMILES string of the molecule is CCC(C)NC(=O)C(C)N(Cc1c(Cl)cccc1Cl)C(=O)CCc1ccc2c(c1)OCCO2. The van der Waals surface area contributed by atoms with Gasteiger partial charge >= 0.3 is 0 Å². The standard InChI is InChI=1S/C25H30Cl2N2O4/c1-4-16(2)28-25(31)17(3)29(15-19-20(26)6-5-7-21(19)27)24(30)11-9-18-8-10-22-23(14-18)33-13-12-32-22/h5-8,10,14,16-17H,4,9,11-13,15H2,1-3H3,(H,28,31). The molecule has 1 heterocycles. The number of benzene rings is 2. The third-order valence-electron chi connectivity index (χ3n) is 5.79. The van der Waals surface area contributed by atoms with Crippen molar-refractivity contribution in [3.05, 3.63) is 57.6 Å². The summed E-state index contributed by atoms with van der Waals surface area (Å²) in [7, 11) is 0. The molecule has 33 heavy (non-hydrogen) atoms. The maximum atomic E-state index is 13.3. The molecule has 0 saturated heterocycles. The summed E-state index contributed by atoms with van der Waals surface area (Å²) in [5.41, 5.74) is 1.58. The highest BCUT2D eigenvalue weighted by molar-refractivity contribution is 6.36. The number of amides is 2. The lowest BCUT2D eigenvalue weighted by Gasteiger charge is -2.30. The Morgan fingerprint density at radius 2 is 1.73 bits per heavy atom. The average Bonchev–Trinajstić information content (AvgIpc) is 2.81. The Bertz CT molecular complexity index is 978. The van der Waals surface area contributed by atoms with Crippen LogP contribution in [-0.2, 0) is 22.6 Å². The zero-order valence-corrected chi connectivity index (χ0v) is 20.7. The first kappa shape index (κ1) is 25.2. The van der Waals surface area contributed by atoms with Crippen molar-refractivity contribution in [3.63, 3.8) is 0 Å². The fraction of sp³-hybridized carbons (Fsp3) is 0.440. The van der Waals surface area contributed by atoms with Crippen LogP contribution in [0.4, 0.5) is 0 Å². The molecular formula is C25H30Cl2N2O4. The van der Waals surface area contributed by atoms with Gasteiger partial charge in [0.25, 0.3) is 0 Å². The molecule has 0 spiro atoms. The highest BCUT2D eigenvalue weighted by atomic mass is 35.5. The van der Waals surface area contributed by atoms with E-state index in [1.54, 1.807) is 30.0 Å². The van der Waals surface area contributed by atoms with E-state index in [1.165, 1.54) is 0 Å². The van der Waals surface area contributed by atoms with Crippen molar-refractivity contribution in [1.82, 2.24) is 10.2 Å². The maximum Gasteiger partial charge on any atom is 0.242 e. The number of hydrogen-bond acceptors (Lipinski definition) is 4. The molecule has 6 nitrogen and oxygen atoms in total. The average molecular weight is 493 g/mol. The molecule has 8 heteroatoms. The van der Waals surface area contributed by atoms with Crippen LogP contribution in [0.3, 0.4) is 0 Å². The van der Waals surface area contributed by atoms with Crippen molar-refractivity contribution >= 4 is 35.0 Å². The van der Waals surface area contributed by atoms with Gasteiger partial charge in [0.05, 0.1) is 0 Å². The summed E-state index contributed by atoms with van der Waals surface area (Å²) >= 11 is 12.7. The first-order chi connectivity index (χ1) is 15.8. The molecule has 0 bridgehead atoms. The first-order valence-corrected chi connectivity index (χ1v) is 12.0. The van der Waals surface area contributed by atoms with Gasteiger partial charge in [-0.2, -0.15) is 0 Å². The third kappa shape index (κ3) is 6.55. The van der Waals surface area contributed by atoms with Gasteiger partial charge in [-0.25, -0.2) is 0 Å². The van der Waals surface area contributed by atoms with Gasteiger partial charge in [0.1, 0.15) is 19.3 Å². The van der Waals surface area contributed by atoms with Gasteiger partial charge in [0.2, 0.25) is 11.8 Å². The Labute approximate surface area is 205 Å². The molecule has 2 aromatic rings. The molecule has 178 valence electrons. The van der Waals surface area contributed by atoms with E-state index in [1.807, 2.05) is 32.0 Å². The summed E-state index contributed by atoms with van der Waals surface area (Å²) in [5.74, 6) is 1.03. The molecule has 2 aromatic carbocycles. The number of carbonyl (C=O) groups is 2. The second kappa shape index (κ2) is 11.6. The number of halogens is 2.